The van der Waals surface area contributed by atoms with Crippen LogP contribution in [0.4, 0.5) is 0 Å². The summed E-state index contributed by atoms with van der Waals surface area (Å²) in [5.41, 5.74) is 0. The van der Waals surface area contributed by atoms with E-state index >= 15 is 0 Å². The van der Waals surface area contributed by atoms with E-state index in [0.717, 1.165) is 19.4 Å². The van der Waals surface area contributed by atoms with Crippen molar-refractivity contribution < 1.29 is 14.3 Å². The van der Waals surface area contributed by atoms with Crippen LogP contribution in [0.15, 0.2) is 0 Å². The maximum atomic E-state index is 12.3. The van der Waals surface area contributed by atoms with E-state index in [-0.39, 0.29) is 11.9 Å². The van der Waals surface area contributed by atoms with Gasteiger partial charge in [-0.1, -0.05) is 6.42 Å². The number of carbonyl (C=O) groups excluding carboxylic acids is 1. The van der Waals surface area contributed by atoms with Crippen LogP contribution in [0.1, 0.15) is 19.3 Å². The molecule has 5 nitrogen and oxygen atoms in total. The number of carbonyl (C=O) groups is 1. The molecule has 1 N–H and O–H groups in total. The van der Waals surface area contributed by atoms with Crippen molar-refractivity contribution in [3.63, 3.8) is 0 Å². The van der Waals surface area contributed by atoms with Gasteiger partial charge in [0.25, 0.3) is 0 Å². The van der Waals surface area contributed by atoms with Crippen molar-refractivity contribution in [3.8, 4) is 0 Å². The van der Waals surface area contributed by atoms with Crippen LogP contribution in [0.5, 0.6) is 0 Å². The van der Waals surface area contributed by atoms with Crippen molar-refractivity contribution in [2.45, 2.75) is 25.3 Å². The minimum Gasteiger partial charge on any atom is -0.383 e. The number of ether oxygens (including phenoxy) is 2. The number of rotatable bonds is 7. The van der Waals surface area contributed by atoms with Crippen LogP contribution in [-0.4, -0.2) is 63.9 Å². The van der Waals surface area contributed by atoms with E-state index in [9.17, 15) is 4.79 Å². The van der Waals surface area contributed by atoms with Crippen molar-refractivity contribution in [1.29, 1.82) is 0 Å². The Balaban J connectivity index is 2.44. The highest BCUT2D eigenvalue weighted by molar-refractivity contribution is 5.82. The fourth-order valence-electron chi connectivity index (χ4n) is 2.02. The molecule has 1 aliphatic heterocycles. The molecule has 0 radical (unpaired) electrons. The van der Waals surface area contributed by atoms with Crippen molar-refractivity contribution in [3.05, 3.63) is 0 Å². The quantitative estimate of drug-likeness (QED) is 0.697. The zero-order valence-electron chi connectivity index (χ0n) is 10.9. The molecule has 0 aromatic rings. The summed E-state index contributed by atoms with van der Waals surface area (Å²) in [6.07, 6.45) is 3.24. The van der Waals surface area contributed by atoms with E-state index in [4.69, 9.17) is 9.47 Å². The van der Waals surface area contributed by atoms with Crippen LogP contribution in [0, 0.1) is 0 Å². The number of methoxy groups -OCH3 is 2. The summed E-state index contributed by atoms with van der Waals surface area (Å²) < 4.78 is 10.1. The summed E-state index contributed by atoms with van der Waals surface area (Å²) in [5, 5.41) is 3.28. The van der Waals surface area contributed by atoms with E-state index in [1.807, 2.05) is 4.90 Å². The van der Waals surface area contributed by atoms with Gasteiger partial charge in [0.1, 0.15) is 0 Å². The molecule has 5 heteroatoms. The molecule has 0 saturated carbocycles. The molecule has 0 aromatic carbocycles. The minimum atomic E-state index is -0.0162. The first kappa shape index (κ1) is 14.4. The van der Waals surface area contributed by atoms with Crippen LogP contribution >= 0.6 is 0 Å². The summed E-state index contributed by atoms with van der Waals surface area (Å²) in [7, 11) is 3.30. The zero-order chi connectivity index (χ0) is 12.5. The molecule has 0 aliphatic carbocycles. The molecule has 17 heavy (non-hydrogen) atoms. The second kappa shape index (κ2) is 8.44. The zero-order valence-corrected chi connectivity index (χ0v) is 10.9. The van der Waals surface area contributed by atoms with Gasteiger partial charge in [0.15, 0.2) is 0 Å². The van der Waals surface area contributed by atoms with E-state index in [1.54, 1.807) is 14.2 Å². The summed E-state index contributed by atoms with van der Waals surface area (Å²) in [6, 6.07) is -0.0162. The Morgan fingerprint density at radius 1 is 1.24 bits per heavy atom. The van der Waals surface area contributed by atoms with Gasteiger partial charge in [0.2, 0.25) is 5.91 Å². The van der Waals surface area contributed by atoms with Gasteiger partial charge >= 0.3 is 0 Å². The van der Waals surface area contributed by atoms with Crippen molar-refractivity contribution in [2.75, 3.05) is 47.1 Å². The third-order valence-corrected chi connectivity index (χ3v) is 3.05. The van der Waals surface area contributed by atoms with Gasteiger partial charge in [-0.2, -0.15) is 0 Å². The average molecular weight is 244 g/mol. The largest absolute Gasteiger partial charge is 0.383 e. The Kier molecular flexibility index (Phi) is 7.16. The van der Waals surface area contributed by atoms with Gasteiger partial charge in [0, 0.05) is 27.3 Å². The van der Waals surface area contributed by atoms with Crippen LogP contribution in [0.25, 0.3) is 0 Å². The molecular formula is C12H24N2O3. The van der Waals surface area contributed by atoms with Crippen LogP contribution in [0.3, 0.4) is 0 Å². The molecule has 1 aliphatic rings. The lowest BCUT2D eigenvalue weighted by atomic mass is 10.0. The molecule has 0 bridgehead atoms. The molecule has 1 saturated heterocycles. The summed E-state index contributed by atoms with van der Waals surface area (Å²) in [6.45, 7) is 3.36. The SMILES string of the molecule is COCCN(CCOC)C(=O)C1CCCCN1. The molecule has 1 atom stereocenters. The molecular weight excluding hydrogens is 220 g/mol. The molecule has 1 fully saturated rings. The van der Waals surface area contributed by atoms with Crippen LogP contribution in [-0.2, 0) is 14.3 Å². The lowest BCUT2D eigenvalue weighted by molar-refractivity contribution is -0.135. The standard InChI is InChI=1S/C12H24N2O3/c1-16-9-7-14(8-10-17-2)12(15)11-5-3-4-6-13-11/h11,13H,3-10H2,1-2H3. The second-order valence-corrected chi connectivity index (χ2v) is 4.31. The smallest absolute Gasteiger partial charge is 0.239 e. The molecule has 1 heterocycles. The van der Waals surface area contributed by atoms with Crippen LogP contribution in [0.2, 0.25) is 0 Å². The Bertz CT molecular complexity index is 210. The highest BCUT2D eigenvalue weighted by Gasteiger charge is 2.25. The third-order valence-electron chi connectivity index (χ3n) is 3.05. The van der Waals surface area contributed by atoms with E-state index in [1.165, 1.54) is 6.42 Å². The topological polar surface area (TPSA) is 50.8 Å². The van der Waals surface area contributed by atoms with Gasteiger partial charge in [-0.15, -0.1) is 0 Å². The number of nitrogens with one attached hydrogen (secondary N) is 1. The molecule has 100 valence electrons. The highest BCUT2D eigenvalue weighted by atomic mass is 16.5. The van der Waals surface area contributed by atoms with E-state index < -0.39 is 0 Å². The fraction of sp³-hybridized carbons (Fsp3) is 0.917. The number of amides is 1. The van der Waals surface area contributed by atoms with E-state index in [0.29, 0.717) is 26.3 Å². The lowest BCUT2D eigenvalue weighted by Crippen LogP contribution is -2.50. The van der Waals surface area contributed by atoms with Gasteiger partial charge in [0.05, 0.1) is 19.3 Å². The normalized spacial score (nSPS) is 20.2. The lowest BCUT2D eigenvalue weighted by Gasteiger charge is -2.29. The van der Waals surface area contributed by atoms with Gasteiger partial charge in [-0.3, -0.25) is 4.79 Å². The first-order valence-corrected chi connectivity index (χ1v) is 6.29. The fourth-order valence-corrected chi connectivity index (χ4v) is 2.02. The molecule has 0 spiro atoms. The monoisotopic (exact) mass is 244 g/mol. The number of piperidine rings is 1. The summed E-state index contributed by atoms with van der Waals surface area (Å²) in [5.74, 6) is 0.179. The second-order valence-electron chi connectivity index (χ2n) is 4.31. The summed E-state index contributed by atoms with van der Waals surface area (Å²) >= 11 is 0. The Morgan fingerprint density at radius 3 is 2.35 bits per heavy atom. The van der Waals surface area contributed by atoms with Crippen LogP contribution < -0.4 is 5.32 Å². The van der Waals surface area contributed by atoms with Gasteiger partial charge in [-0.25, -0.2) is 0 Å². The number of nitrogens with zero attached hydrogens (tertiary/aromatic N) is 1. The predicted molar refractivity (Wildman–Crippen MR) is 66.0 cm³/mol. The molecule has 1 unspecified atom stereocenters. The maximum absolute atomic E-state index is 12.3. The van der Waals surface area contributed by atoms with E-state index in [2.05, 4.69) is 5.32 Å². The Morgan fingerprint density at radius 2 is 1.88 bits per heavy atom. The Labute approximate surface area is 103 Å². The minimum absolute atomic E-state index is 0.0162. The van der Waals surface area contributed by atoms with Crippen molar-refractivity contribution >= 4 is 5.91 Å². The van der Waals surface area contributed by atoms with Gasteiger partial charge in [-0.05, 0) is 19.4 Å². The average Bonchev–Trinajstić information content (AvgIpc) is 2.39. The molecule has 1 amide bonds. The number of hydrogen-bond acceptors (Lipinski definition) is 4. The van der Waals surface area contributed by atoms with Crippen molar-refractivity contribution in [2.24, 2.45) is 0 Å². The highest BCUT2D eigenvalue weighted by Crippen LogP contribution is 2.09. The first-order chi connectivity index (χ1) is 8.29. The molecule has 0 aromatic heterocycles. The van der Waals surface area contributed by atoms with Crippen molar-refractivity contribution in [1.82, 2.24) is 10.2 Å². The van der Waals surface area contributed by atoms with Gasteiger partial charge < -0.3 is 19.7 Å². The maximum Gasteiger partial charge on any atom is 0.239 e. The predicted octanol–water partition coefficient (Wildman–Crippen LogP) is 0.250. The Hall–Kier alpha value is -0.650. The summed E-state index contributed by atoms with van der Waals surface area (Å²) in [4.78, 5) is 14.1. The molecule has 1 rings (SSSR count). The number of hydrogen-bond donors (Lipinski definition) is 1. The third kappa shape index (κ3) is 5.02. The first-order valence-electron chi connectivity index (χ1n) is 6.29.